The van der Waals surface area contributed by atoms with Crippen LogP contribution in [0.5, 0.6) is 0 Å². The van der Waals surface area contributed by atoms with Crippen LogP contribution in [0.4, 0.5) is 4.79 Å². The molecule has 0 spiro atoms. The van der Waals surface area contributed by atoms with Crippen molar-refractivity contribution in [1.82, 2.24) is 10.2 Å². The van der Waals surface area contributed by atoms with Crippen molar-refractivity contribution in [3.63, 3.8) is 0 Å². The standard InChI is InChI=1S/C13H22N2O3S/c1-12(2)9-15(7-8-19-12)11(18)14-13(10(16)17)5-3-4-6-13/h3-9H2,1-2H3,(H,14,18)(H,16,17). The number of thioether (sulfide) groups is 1. The fourth-order valence-electron chi connectivity index (χ4n) is 2.84. The summed E-state index contributed by atoms with van der Waals surface area (Å²) in [6, 6.07) is -0.224. The summed E-state index contributed by atoms with van der Waals surface area (Å²) in [7, 11) is 0. The van der Waals surface area contributed by atoms with Gasteiger partial charge in [0.05, 0.1) is 0 Å². The highest BCUT2D eigenvalue weighted by Gasteiger charge is 2.44. The zero-order valence-electron chi connectivity index (χ0n) is 11.6. The molecule has 1 heterocycles. The second-order valence-corrected chi connectivity index (χ2v) is 7.86. The molecule has 19 heavy (non-hydrogen) atoms. The van der Waals surface area contributed by atoms with Crippen LogP contribution < -0.4 is 5.32 Å². The molecular formula is C13H22N2O3S. The summed E-state index contributed by atoms with van der Waals surface area (Å²) in [6.45, 7) is 5.58. The molecule has 0 aromatic rings. The van der Waals surface area contributed by atoms with Crippen molar-refractivity contribution in [3.8, 4) is 0 Å². The summed E-state index contributed by atoms with van der Waals surface area (Å²) in [4.78, 5) is 25.5. The quantitative estimate of drug-likeness (QED) is 0.813. The van der Waals surface area contributed by atoms with Crippen molar-refractivity contribution in [1.29, 1.82) is 0 Å². The zero-order chi connectivity index (χ0) is 14.1. The maximum absolute atomic E-state index is 12.3. The number of aliphatic carboxylic acids is 1. The number of urea groups is 1. The van der Waals surface area contributed by atoms with Gasteiger partial charge < -0.3 is 15.3 Å². The topological polar surface area (TPSA) is 69.6 Å². The third-order valence-electron chi connectivity index (χ3n) is 3.93. The number of rotatable bonds is 2. The molecule has 0 radical (unpaired) electrons. The minimum Gasteiger partial charge on any atom is -0.480 e. The van der Waals surface area contributed by atoms with E-state index in [9.17, 15) is 14.7 Å². The Morgan fingerprint density at radius 1 is 1.26 bits per heavy atom. The van der Waals surface area contributed by atoms with Crippen LogP contribution in [0.25, 0.3) is 0 Å². The van der Waals surface area contributed by atoms with Gasteiger partial charge in [0.2, 0.25) is 0 Å². The lowest BCUT2D eigenvalue weighted by molar-refractivity contribution is -0.144. The van der Waals surface area contributed by atoms with E-state index in [0.29, 0.717) is 25.9 Å². The predicted octanol–water partition coefficient (Wildman–Crippen LogP) is 1.92. The van der Waals surface area contributed by atoms with E-state index < -0.39 is 11.5 Å². The third-order valence-corrected chi connectivity index (χ3v) is 5.22. The largest absolute Gasteiger partial charge is 0.480 e. The van der Waals surface area contributed by atoms with Crippen LogP contribution >= 0.6 is 11.8 Å². The first-order chi connectivity index (χ1) is 8.85. The lowest BCUT2D eigenvalue weighted by atomic mass is 9.98. The van der Waals surface area contributed by atoms with Gasteiger partial charge in [-0.05, 0) is 26.7 Å². The number of hydrogen-bond acceptors (Lipinski definition) is 3. The molecule has 108 valence electrons. The van der Waals surface area contributed by atoms with Gasteiger partial charge in [0.1, 0.15) is 5.54 Å². The number of amides is 2. The minimum atomic E-state index is -1.04. The molecule has 1 aliphatic carbocycles. The van der Waals surface area contributed by atoms with E-state index in [4.69, 9.17) is 0 Å². The van der Waals surface area contributed by atoms with Crippen molar-refractivity contribution in [3.05, 3.63) is 0 Å². The van der Waals surface area contributed by atoms with E-state index in [2.05, 4.69) is 19.2 Å². The first-order valence-corrected chi connectivity index (χ1v) is 7.78. The predicted molar refractivity (Wildman–Crippen MR) is 75.5 cm³/mol. The molecule has 0 unspecified atom stereocenters. The van der Waals surface area contributed by atoms with Crippen LogP contribution in [-0.2, 0) is 4.79 Å². The summed E-state index contributed by atoms with van der Waals surface area (Å²) in [5, 5.41) is 12.2. The number of carbonyl (C=O) groups excluding carboxylic acids is 1. The van der Waals surface area contributed by atoms with Gasteiger partial charge in [-0.3, -0.25) is 0 Å². The first kappa shape index (κ1) is 14.5. The number of nitrogens with zero attached hydrogens (tertiary/aromatic N) is 1. The van der Waals surface area contributed by atoms with Crippen molar-refractivity contribution < 1.29 is 14.7 Å². The highest BCUT2D eigenvalue weighted by atomic mass is 32.2. The van der Waals surface area contributed by atoms with Gasteiger partial charge >= 0.3 is 12.0 Å². The van der Waals surface area contributed by atoms with E-state index in [1.165, 1.54) is 0 Å². The lowest BCUT2D eigenvalue weighted by Gasteiger charge is -2.39. The van der Waals surface area contributed by atoms with Crippen molar-refractivity contribution in [2.75, 3.05) is 18.8 Å². The lowest BCUT2D eigenvalue weighted by Crippen LogP contribution is -2.59. The maximum atomic E-state index is 12.3. The Hall–Kier alpha value is -0.910. The van der Waals surface area contributed by atoms with Crippen molar-refractivity contribution in [2.24, 2.45) is 0 Å². The smallest absolute Gasteiger partial charge is 0.329 e. The van der Waals surface area contributed by atoms with E-state index in [1.807, 2.05) is 11.8 Å². The molecule has 0 bridgehead atoms. The number of carbonyl (C=O) groups is 2. The molecule has 1 saturated carbocycles. The van der Waals surface area contributed by atoms with Crippen LogP contribution in [0.2, 0.25) is 0 Å². The first-order valence-electron chi connectivity index (χ1n) is 6.79. The monoisotopic (exact) mass is 286 g/mol. The van der Waals surface area contributed by atoms with Crippen LogP contribution in [0.15, 0.2) is 0 Å². The molecule has 2 amide bonds. The Morgan fingerprint density at radius 3 is 2.42 bits per heavy atom. The SMILES string of the molecule is CC1(C)CN(C(=O)NC2(C(=O)O)CCCC2)CCS1. The maximum Gasteiger partial charge on any atom is 0.329 e. The number of hydrogen-bond donors (Lipinski definition) is 2. The normalized spacial score (nSPS) is 25.1. The van der Waals surface area contributed by atoms with Crippen LogP contribution in [0.3, 0.4) is 0 Å². The summed E-state index contributed by atoms with van der Waals surface area (Å²) >= 11 is 1.85. The molecule has 2 N–H and O–H groups in total. The average molecular weight is 286 g/mol. The van der Waals surface area contributed by atoms with E-state index >= 15 is 0 Å². The van der Waals surface area contributed by atoms with Gasteiger partial charge in [0, 0.05) is 23.6 Å². The number of carboxylic acids is 1. The average Bonchev–Trinajstić information content (AvgIpc) is 2.77. The molecule has 0 atom stereocenters. The molecule has 5 nitrogen and oxygen atoms in total. The van der Waals surface area contributed by atoms with E-state index in [1.54, 1.807) is 4.90 Å². The Balaban J connectivity index is 2.02. The summed E-state index contributed by atoms with van der Waals surface area (Å²) in [5.74, 6) is 0.00419. The summed E-state index contributed by atoms with van der Waals surface area (Å²) in [5.41, 5.74) is -1.04. The molecular weight excluding hydrogens is 264 g/mol. The molecule has 6 heteroatoms. The van der Waals surface area contributed by atoms with Crippen LogP contribution in [0.1, 0.15) is 39.5 Å². The fourth-order valence-corrected chi connectivity index (χ4v) is 3.96. The van der Waals surface area contributed by atoms with Gasteiger partial charge in [0.15, 0.2) is 0 Å². The van der Waals surface area contributed by atoms with Gasteiger partial charge in [-0.1, -0.05) is 12.8 Å². The molecule has 2 rings (SSSR count). The molecule has 2 aliphatic rings. The fraction of sp³-hybridized carbons (Fsp3) is 0.846. The molecule has 2 fully saturated rings. The Bertz CT molecular complexity index is 378. The van der Waals surface area contributed by atoms with E-state index in [-0.39, 0.29) is 10.8 Å². The van der Waals surface area contributed by atoms with Gasteiger partial charge in [-0.2, -0.15) is 11.8 Å². The second-order valence-electron chi connectivity index (χ2n) is 6.05. The van der Waals surface area contributed by atoms with Crippen molar-refractivity contribution in [2.45, 2.75) is 49.8 Å². The zero-order valence-corrected chi connectivity index (χ0v) is 12.4. The molecule has 1 saturated heterocycles. The highest BCUT2D eigenvalue weighted by molar-refractivity contribution is 8.00. The van der Waals surface area contributed by atoms with Gasteiger partial charge in [0.25, 0.3) is 0 Å². The molecule has 0 aromatic heterocycles. The summed E-state index contributed by atoms with van der Waals surface area (Å²) < 4.78 is 0.0433. The Morgan fingerprint density at radius 2 is 1.89 bits per heavy atom. The van der Waals surface area contributed by atoms with Gasteiger partial charge in [-0.15, -0.1) is 0 Å². The highest BCUT2D eigenvalue weighted by Crippen LogP contribution is 2.32. The van der Waals surface area contributed by atoms with E-state index in [0.717, 1.165) is 18.6 Å². The van der Waals surface area contributed by atoms with Crippen molar-refractivity contribution >= 4 is 23.8 Å². The number of nitrogens with one attached hydrogen (secondary N) is 1. The van der Waals surface area contributed by atoms with Gasteiger partial charge in [-0.25, -0.2) is 9.59 Å². The third kappa shape index (κ3) is 3.16. The summed E-state index contributed by atoms with van der Waals surface area (Å²) in [6.07, 6.45) is 2.82. The molecule has 0 aromatic carbocycles. The number of carboxylic acid groups (broad SMARTS) is 1. The van der Waals surface area contributed by atoms with Crippen LogP contribution in [0, 0.1) is 0 Å². The Kier molecular flexibility index (Phi) is 3.99. The Labute approximate surface area is 118 Å². The van der Waals surface area contributed by atoms with Crippen LogP contribution in [-0.4, -0.2) is 51.1 Å². The molecule has 1 aliphatic heterocycles. The second kappa shape index (κ2) is 5.23. The minimum absolute atomic E-state index is 0.0433.